The van der Waals surface area contributed by atoms with Gasteiger partial charge in [0.15, 0.2) is 0 Å². The minimum Gasteiger partial charge on any atom is -0.306 e. The number of fused-ring (bicyclic) bond motifs is 1. The molecule has 0 aromatic heterocycles. The number of halogens is 3. The molecule has 1 aromatic carbocycles. The van der Waals surface area contributed by atoms with Crippen LogP contribution in [-0.4, -0.2) is 18.9 Å². The van der Waals surface area contributed by atoms with Crippen molar-refractivity contribution in [3.05, 3.63) is 27.3 Å². The van der Waals surface area contributed by atoms with E-state index in [1.807, 2.05) is 12.1 Å². The number of benzene rings is 1. The number of alkyl halides is 2. The van der Waals surface area contributed by atoms with Crippen molar-refractivity contribution in [2.75, 3.05) is 11.4 Å². The van der Waals surface area contributed by atoms with Gasteiger partial charge in [-0.15, -0.1) is 0 Å². The van der Waals surface area contributed by atoms with Crippen LogP contribution in [0.4, 0.5) is 14.5 Å². The summed E-state index contributed by atoms with van der Waals surface area (Å²) in [4.78, 5) is 12.6. The van der Waals surface area contributed by atoms with E-state index in [-0.39, 0.29) is 12.3 Å². The molecule has 1 amide bonds. The van der Waals surface area contributed by atoms with Crippen LogP contribution in [0.1, 0.15) is 5.56 Å². The number of carbonyl (C=O) groups is 1. The second kappa shape index (κ2) is 4.03. The van der Waals surface area contributed by atoms with Crippen LogP contribution in [0.25, 0.3) is 0 Å². The summed E-state index contributed by atoms with van der Waals surface area (Å²) in [6.07, 6.45) is -2.25. The molecule has 1 heterocycles. The SMILES string of the molecule is O=C1Cc2cc(I)ccc2N1CC(F)F. The molecule has 0 fully saturated rings. The Balaban J connectivity index is 2.33. The summed E-state index contributed by atoms with van der Waals surface area (Å²) in [7, 11) is 0. The van der Waals surface area contributed by atoms with Gasteiger partial charge < -0.3 is 4.90 Å². The van der Waals surface area contributed by atoms with Crippen LogP contribution >= 0.6 is 22.6 Å². The first-order valence-electron chi connectivity index (χ1n) is 4.45. The zero-order valence-electron chi connectivity index (χ0n) is 7.71. The normalized spacial score (nSPS) is 14.9. The third-order valence-corrected chi connectivity index (χ3v) is 2.97. The lowest BCUT2D eigenvalue weighted by Gasteiger charge is -2.16. The summed E-state index contributed by atoms with van der Waals surface area (Å²) in [5, 5.41) is 0. The quantitative estimate of drug-likeness (QED) is 0.766. The molecule has 2 rings (SSSR count). The summed E-state index contributed by atoms with van der Waals surface area (Å²) < 4.78 is 25.5. The molecule has 0 N–H and O–H groups in total. The standard InChI is InChI=1S/C10H8F2INO/c11-9(12)5-14-8-2-1-7(13)3-6(8)4-10(14)15/h1-3,9H,4-5H2. The van der Waals surface area contributed by atoms with Crippen molar-refractivity contribution in [3.8, 4) is 0 Å². The molecule has 2 nitrogen and oxygen atoms in total. The summed E-state index contributed by atoms with van der Waals surface area (Å²) in [6.45, 7) is -0.508. The van der Waals surface area contributed by atoms with Gasteiger partial charge in [-0.2, -0.15) is 0 Å². The third kappa shape index (κ3) is 2.11. The first-order valence-corrected chi connectivity index (χ1v) is 5.53. The van der Waals surface area contributed by atoms with Gasteiger partial charge in [-0.3, -0.25) is 4.79 Å². The molecule has 1 aromatic rings. The summed E-state index contributed by atoms with van der Waals surface area (Å²) in [5.74, 6) is -0.243. The predicted molar refractivity (Wildman–Crippen MR) is 61.2 cm³/mol. The Morgan fingerprint density at radius 2 is 2.20 bits per heavy atom. The Morgan fingerprint density at radius 3 is 2.87 bits per heavy atom. The van der Waals surface area contributed by atoms with E-state index in [2.05, 4.69) is 22.6 Å². The van der Waals surface area contributed by atoms with Crippen LogP contribution in [0.15, 0.2) is 18.2 Å². The fourth-order valence-electron chi connectivity index (χ4n) is 1.69. The number of nitrogens with zero attached hydrogens (tertiary/aromatic N) is 1. The molecule has 15 heavy (non-hydrogen) atoms. The molecule has 0 unspecified atom stereocenters. The highest BCUT2D eigenvalue weighted by Gasteiger charge is 2.29. The van der Waals surface area contributed by atoms with Crippen molar-refractivity contribution in [3.63, 3.8) is 0 Å². The van der Waals surface area contributed by atoms with Crippen LogP contribution in [0.3, 0.4) is 0 Å². The van der Waals surface area contributed by atoms with E-state index in [0.717, 1.165) is 14.0 Å². The monoisotopic (exact) mass is 323 g/mol. The highest BCUT2D eigenvalue weighted by molar-refractivity contribution is 14.1. The van der Waals surface area contributed by atoms with Gasteiger partial charge in [-0.1, -0.05) is 0 Å². The largest absolute Gasteiger partial charge is 0.306 e. The van der Waals surface area contributed by atoms with Crippen molar-refractivity contribution in [1.82, 2.24) is 0 Å². The summed E-state index contributed by atoms with van der Waals surface area (Å²) >= 11 is 2.13. The molecular formula is C10H8F2INO. The number of hydrogen-bond acceptors (Lipinski definition) is 1. The maximum atomic E-state index is 12.2. The Kier molecular flexibility index (Phi) is 2.90. The van der Waals surface area contributed by atoms with Gasteiger partial charge in [0, 0.05) is 9.26 Å². The van der Waals surface area contributed by atoms with Crippen molar-refractivity contribution in [2.45, 2.75) is 12.8 Å². The van der Waals surface area contributed by atoms with Gasteiger partial charge in [0.2, 0.25) is 5.91 Å². The second-order valence-corrected chi connectivity index (χ2v) is 4.59. The van der Waals surface area contributed by atoms with E-state index >= 15 is 0 Å². The van der Waals surface area contributed by atoms with E-state index in [9.17, 15) is 13.6 Å². The molecule has 0 spiro atoms. The van der Waals surface area contributed by atoms with Crippen LogP contribution < -0.4 is 4.90 Å². The molecule has 1 aliphatic rings. The van der Waals surface area contributed by atoms with Gasteiger partial charge in [0.1, 0.15) is 0 Å². The number of rotatable bonds is 2. The number of carbonyl (C=O) groups excluding carboxylic acids is 1. The molecule has 0 bridgehead atoms. The van der Waals surface area contributed by atoms with Gasteiger partial charge >= 0.3 is 0 Å². The van der Waals surface area contributed by atoms with Gasteiger partial charge in [0.25, 0.3) is 6.43 Å². The molecule has 5 heteroatoms. The smallest absolute Gasteiger partial charge is 0.256 e. The van der Waals surface area contributed by atoms with Crippen LogP contribution in [0, 0.1) is 3.57 Å². The zero-order valence-corrected chi connectivity index (χ0v) is 9.87. The lowest BCUT2D eigenvalue weighted by molar-refractivity contribution is -0.117. The third-order valence-electron chi connectivity index (χ3n) is 2.30. The van der Waals surface area contributed by atoms with Crippen molar-refractivity contribution < 1.29 is 13.6 Å². The van der Waals surface area contributed by atoms with Gasteiger partial charge in [-0.05, 0) is 46.4 Å². The van der Waals surface area contributed by atoms with E-state index in [4.69, 9.17) is 0 Å². The molecule has 0 atom stereocenters. The molecular weight excluding hydrogens is 315 g/mol. The number of amides is 1. The lowest BCUT2D eigenvalue weighted by atomic mass is 10.2. The maximum absolute atomic E-state index is 12.2. The summed E-state index contributed by atoms with van der Waals surface area (Å²) in [5.41, 5.74) is 1.47. The second-order valence-electron chi connectivity index (χ2n) is 3.35. The number of anilines is 1. The number of hydrogen-bond donors (Lipinski definition) is 0. The Morgan fingerprint density at radius 1 is 1.47 bits per heavy atom. The Labute approximate surface area is 99.4 Å². The molecule has 0 saturated carbocycles. The Bertz CT molecular complexity index is 408. The maximum Gasteiger partial charge on any atom is 0.256 e. The molecule has 1 aliphatic heterocycles. The van der Waals surface area contributed by atoms with Crippen molar-refractivity contribution in [2.24, 2.45) is 0 Å². The van der Waals surface area contributed by atoms with Gasteiger partial charge in [0.05, 0.1) is 13.0 Å². The lowest BCUT2D eigenvalue weighted by Crippen LogP contribution is -2.31. The first kappa shape index (κ1) is 10.8. The van der Waals surface area contributed by atoms with E-state index in [1.165, 1.54) is 0 Å². The van der Waals surface area contributed by atoms with Crippen LogP contribution in [0.2, 0.25) is 0 Å². The predicted octanol–water partition coefficient (Wildman–Crippen LogP) is 2.45. The average molecular weight is 323 g/mol. The van der Waals surface area contributed by atoms with E-state index in [1.54, 1.807) is 6.07 Å². The van der Waals surface area contributed by atoms with Crippen molar-refractivity contribution in [1.29, 1.82) is 0 Å². The van der Waals surface area contributed by atoms with Gasteiger partial charge in [-0.25, -0.2) is 8.78 Å². The van der Waals surface area contributed by atoms with Crippen molar-refractivity contribution >= 4 is 34.2 Å². The average Bonchev–Trinajstić information content (AvgIpc) is 2.41. The highest BCUT2D eigenvalue weighted by atomic mass is 127. The fraction of sp³-hybridized carbons (Fsp3) is 0.300. The highest BCUT2D eigenvalue weighted by Crippen LogP contribution is 2.30. The first-order chi connectivity index (χ1) is 7.08. The fourth-order valence-corrected chi connectivity index (χ4v) is 2.25. The molecule has 0 radical (unpaired) electrons. The summed E-state index contributed by atoms with van der Waals surface area (Å²) in [6, 6.07) is 5.40. The minimum absolute atomic E-state index is 0.235. The minimum atomic E-state index is -2.49. The molecule has 0 saturated heterocycles. The Hall–Kier alpha value is -0.720. The van der Waals surface area contributed by atoms with Crippen LogP contribution in [-0.2, 0) is 11.2 Å². The zero-order chi connectivity index (χ0) is 11.0. The van der Waals surface area contributed by atoms with Crippen LogP contribution in [0.5, 0.6) is 0 Å². The van der Waals surface area contributed by atoms with E-state index in [0.29, 0.717) is 5.69 Å². The van der Waals surface area contributed by atoms with E-state index < -0.39 is 13.0 Å². The molecule has 0 aliphatic carbocycles. The molecule has 80 valence electrons. The topological polar surface area (TPSA) is 20.3 Å².